The molecule has 0 bridgehead atoms. The van der Waals surface area contributed by atoms with Gasteiger partial charge in [-0.15, -0.1) is 0 Å². The molecule has 2 heterocycles. The first-order valence-electron chi connectivity index (χ1n) is 9.07. The van der Waals surface area contributed by atoms with Crippen molar-refractivity contribution in [3.63, 3.8) is 0 Å². The van der Waals surface area contributed by atoms with Gasteiger partial charge in [-0.05, 0) is 50.3 Å². The number of sulfonamides is 1. The Labute approximate surface area is 155 Å². The number of aromatic nitrogens is 1. The minimum absolute atomic E-state index is 0.221. The Balaban J connectivity index is 1.82. The van der Waals surface area contributed by atoms with Gasteiger partial charge >= 0.3 is 0 Å². The summed E-state index contributed by atoms with van der Waals surface area (Å²) in [7, 11) is -3.36. The van der Waals surface area contributed by atoms with Crippen LogP contribution in [-0.2, 0) is 27.8 Å². The van der Waals surface area contributed by atoms with Crippen LogP contribution in [0.4, 0.5) is 0 Å². The first kappa shape index (κ1) is 18.9. The molecule has 1 fully saturated rings. The molecule has 7 heteroatoms. The summed E-state index contributed by atoms with van der Waals surface area (Å²) >= 11 is 0. The van der Waals surface area contributed by atoms with Crippen LogP contribution in [0.5, 0.6) is 0 Å². The third kappa shape index (κ3) is 3.50. The number of H-pyrrole nitrogens is 1. The molecular weight excluding hydrogens is 350 g/mol. The van der Waals surface area contributed by atoms with Crippen molar-refractivity contribution in [1.82, 2.24) is 14.6 Å². The predicted molar refractivity (Wildman–Crippen MR) is 104 cm³/mol. The molecule has 1 saturated heterocycles. The molecule has 1 amide bonds. The minimum Gasteiger partial charge on any atom is -0.358 e. The quantitative estimate of drug-likeness (QED) is 0.839. The van der Waals surface area contributed by atoms with Gasteiger partial charge in [0.1, 0.15) is 6.04 Å². The van der Waals surface area contributed by atoms with E-state index in [1.165, 1.54) is 20.9 Å². The Morgan fingerprint density at radius 3 is 2.73 bits per heavy atom. The van der Waals surface area contributed by atoms with Gasteiger partial charge in [0.15, 0.2) is 0 Å². The maximum absolute atomic E-state index is 12.6. The van der Waals surface area contributed by atoms with E-state index >= 15 is 0 Å². The molecule has 1 atom stereocenters. The van der Waals surface area contributed by atoms with Crippen LogP contribution in [0.25, 0.3) is 10.9 Å². The summed E-state index contributed by atoms with van der Waals surface area (Å²) in [6, 6.07) is 3.64. The molecule has 0 unspecified atom stereocenters. The zero-order valence-corrected chi connectivity index (χ0v) is 16.7. The van der Waals surface area contributed by atoms with Crippen LogP contribution in [0, 0.1) is 13.8 Å². The number of nitrogens with zero attached hydrogens (tertiary/aromatic N) is 1. The maximum atomic E-state index is 12.6. The number of nitrogens with one attached hydrogen (secondary N) is 2. The number of hydrogen-bond donors (Lipinski definition) is 2. The topological polar surface area (TPSA) is 82.3 Å². The third-order valence-corrected chi connectivity index (χ3v) is 6.52. The van der Waals surface area contributed by atoms with Crippen molar-refractivity contribution >= 4 is 26.8 Å². The molecule has 0 radical (unpaired) electrons. The number of hydrogen-bond acceptors (Lipinski definition) is 3. The first-order chi connectivity index (χ1) is 12.2. The Hall–Kier alpha value is -1.86. The molecule has 26 heavy (non-hydrogen) atoms. The minimum atomic E-state index is -3.36. The zero-order chi connectivity index (χ0) is 19.1. The van der Waals surface area contributed by atoms with Gasteiger partial charge in [-0.1, -0.05) is 18.6 Å². The Morgan fingerprint density at radius 2 is 2.08 bits per heavy atom. The predicted octanol–water partition coefficient (Wildman–Crippen LogP) is 2.39. The van der Waals surface area contributed by atoms with E-state index in [-0.39, 0.29) is 5.91 Å². The van der Waals surface area contributed by atoms with Crippen molar-refractivity contribution in [2.24, 2.45) is 0 Å². The van der Waals surface area contributed by atoms with Gasteiger partial charge in [0.05, 0.1) is 11.8 Å². The fourth-order valence-corrected chi connectivity index (χ4v) is 5.03. The average Bonchev–Trinajstić information content (AvgIpc) is 3.18. The van der Waals surface area contributed by atoms with E-state index in [1.54, 1.807) is 0 Å². The van der Waals surface area contributed by atoms with E-state index in [0.717, 1.165) is 35.7 Å². The van der Waals surface area contributed by atoms with Gasteiger partial charge in [0, 0.05) is 24.2 Å². The lowest BCUT2D eigenvalue weighted by molar-refractivity contribution is -0.124. The molecule has 0 spiro atoms. The van der Waals surface area contributed by atoms with E-state index in [4.69, 9.17) is 0 Å². The summed E-state index contributed by atoms with van der Waals surface area (Å²) in [5.41, 5.74) is 5.68. The lowest BCUT2D eigenvalue weighted by atomic mass is 10.0. The fraction of sp³-hybridized carbons (Fsp3) is 0.526. The van der Waals surface area contributed by atoms with E-state index in [0.29, 0.717) is 19.5 Å². The third-order valence-electron chi connectivity index (χ3n) is 5.24. The molecule has 1 aromatic heterocycles. The maximum Gasteiger partial charge on any atom is 0.238 e. The zero-order valence-electron chi connectivity index (χ0n) is 15.8. The highest BCUT2D eigenvalue weighted by atomic mass is 32.2. The summed E-state index contributed by atoms with van der Waals surface area (Å²) in [5.74, 6) is -0.221. The van der Waals surface area contributed by atoms with Gasteiger partial charge < -0.3 is 10.3 Å². The molecular formula is C19H27N3O3S. The number of carbonyl (C=O) groups is 1. The monoisotopic (exact) mass is 377 g/mol. The highest BCUT2D eigenvalue weighted by molar-refractivity contribution is 7.88. The second-order valence-electron chi connectivity index (χ2n) is 7.18. The van der Waals surface area contributed by atoms with Crippen LogP contribution >= 0.6 is 0 Å². The van der Waals surface area contributed by atoms with Crippen molar-refractivity contribution in [3.8, 4) is 0 Å². The van der Waals surface area contributed by atoms with Gasteiger partial charge in [0.25, 0.3) is 0 Å². The van der Waals surface area contributed by atoms with Crippen molar-refractivity contribution in [2.75, 3.05) is 12.8 Å². The second kappa shape index (κ2) is 7.04. The lowest BCUT2D eigenvalue weighted by Crippen LogP contribution is -2.45. The highest BCUT2D eigenvalue weighted by Gasteiger charge is 2.36. The molecule has 142 valence electrons. The number of carbonyl (C=O) groups excluding carboxylic acids is 1. The smallest absolute Gasteiger partial charge is 0.238 e. The van der Waals surface area contributed by atoms with Gasteiger partial charge in [0.2, 0.25) is 15.9 Å². The van der Waals surface area contributed by atoms with Crippen molar-refractivity contribution in [2.45, 2.75) is 52.6 Å². The van der Waals surface area contributed by atoms with Crippen LogP contribution in [0.3, 0.4) is 0 Å². The Bertz CT molecular complexity index is 947. The summed E-state index contributed by atoms with van der Waals surface area (Å²) in [6.07, 6.45) is 3.38. The van der Waals surface area contributed by atoms with Crippen LogP contribution in [0.15, 0.2) is 12.1 Å². The molecule has 0 saturated carbocycles. The van der Waals surface area contributed by atoms with Crippen LogP contribution in [-0.4, -0.2) is 42.5 Å². The fourth-order valence-electron chi connectivity index (χ4n) is 3.90. The van der Waals surface area contributed by atoms with Crippen LogP contribution in [0.1, 0.15) is 42.1 Å². The van der Waals surface area contributed by atoms with Crippen LogP contribution < -0.4 is 5.32 Å². The van der Waals surface area contributed by atoms with E-state index in [1.807, 2.05) is 6.92 Å². The molecule has 1 aromatic carbocycles. The summed E-state index contributed by atoms with van der Waals surface area (Å²) in [4.78, 5) is 16.1. The second-order valence-corrected chi connectivity index (χ2v) is 9.11. The number of amides is 1. The van der Waals surface area contributed by atoms with Crippen molar-refractivity contribution in [1.29, 1.82) is 0 Å². The molecule has 3 rings (SSSR count). The standard InChI is InChI=1S/C19H27N3O3S/c1-5-16-13(3)15-10-12(2)9-14(18(15)21-16)11-20-19(23)17-7-6-8-22(17)26(4,24)25/h9-10,17,21H,5-8,11H2,1-4H3,(H,20,23)/t17-/m1/s1. The molecule has 1 aliphatic heterocycles. The van der Waals surface area contributed by atoms with E-state index < -0.39 is 16.1 Å². The number of aryl methyl sites for hydroxylation is 3. The van der Waals surface area contributed by atoms with E-state index in [9.17, 15) is 13.2 Å². The molecule has 1 aliphatic rings. The molecule has 2 aromatic rings. The van der Waals surface area contributed by atoms with Crippen LogP contribution in [0.2, 0.25) is 0 Å². The lowest BCUT2D eigenvalue weighted by Gasteiger charge is -2.21. The first-order valence-corrected chi connectivity index (χ1v) is 10.9. The normalized spacial score (nSPS) is 18.5. The van der Waals surface area contributed by atoms with E-state index in [2.05, 4.69) is 36.3 Å². The molecule has 0 aliphatic carbocycles. The largest absolute Gasteiger partial charge is 0.358 e. The van der Waals surface area contributed by atoms with Crippen molar-refractivity contribution in [3.05, 3.63) is 34.5 Å². The Morgan fingerprint density at radius 1 is 1.35 bits per heavy atom. The van der Waals surface area contributed by atoms with Crippen molar-refractivity contribution < 1.29 is 13.2 Å². The molecule has 2 N–H and O–H groups in total. The Kier molecular flexibility index (Phi) is 5.12. The van der Waals surface area contributed by atoms with Gasteiger partial charge in [-0.3, -0.25) is 4.79 Å². The van der Waals surface area contributed by atoms with Gasteiger partial charge in [-0.2, -0.15) is 4.31 Å². The number of benzene rings is 1. The summed E-state index contributed by atoms with van der Waals surface area (Å²) in [5, 5.41) is 4.13. The summed E-state index contributed by atoms with van der Waals surface area (Å²) < 4.78 is 25.0. The highest BCUT2D eigenvalue weighted by Crippen LogP contribution is 2.27. The molecule has 6 nitrogen and oxygen atoms in total. The summed E-state index contributed by atoms with van der Waals surface area (Å²) in [6.45, 7) is 7.08. The number of fused-ring (bicyclic) bond motifs is 1. The number of rotatable bonds is 5. The average molecular weight is 378 g/mol. The number of aromatic amines is 1. The van der Waals surface area contributed by atoms with Gasteiger partial charge in [-0.25, -0.2) is 8.42 Å². The SMILES string of the molecule is CCc1[nH]c2c(CNC(=O)[C@H]3CCCN3S(C)(=O)=O)cc(C)cc2c1C.